The standard InChI is InChI=1S/C30H33NO2/c1-4-5-11-20-16-17-22(18-27(20)33-3)24-19-25(30(32)21-12-7-6-8-13-21)29-28(24)23-14-9-10-15-26(23)31(29)2/h6-10,12-18,24-25,28-29H,4-5,11,19H2,1-3H3/t24-,25-,28+,29-/m0/s1. The predicted molar refractivity (Wildman–Crippen MR) is 135 cm³/mol. The molecule has 0 N–H and O–H groups in total. The van der Waals surface area contributed by atoms with Crippen LogP contribution in [0.4, 0.5) is 5.69 Å². The first-order valence-electron chi connectivity index (χ1n) is 12.2. The number of rotatable bonds is 7. The molecule has 1 saturated carbocycles. The largest absolute Gasteiger partial charge is 0.496 e. The highest BCUT2D eigenvalue weighted by molar-refractivity contribution is 5.99. The molecule has 1 heterocycles. The Morgan fingerprint density at radius 1 is 1.03 bits per heavy atom. The SMILES string of the molecule is CCCCc1ccc([C@@H]2C[C@H](C(=O)c3ccccc3)[C@H]3[C@@H]2c2ccccc2N3C)cc1OC. The number of fused-ring (bicyclic) bond motifs is 3. The summed E-state index contributed by atoms with van der Waals surface area (Å²) in [6, 6.07) is 25.4. The van der Waals surface area contributed by atoms with Crippen molar-refractivity contribution in [2.45, 2.75) is 50.5 Å². The minimum absolute atomic E-state index is 0.0365. The Kier molecular flexibility index (Phi) is 5.97. The van der Waals surface area contributed by atoms with Gasteiger partial charge in [-0.2, -0.15) is 0 Å². The zero-order valence-corrected chi connectivity index (χ0v) is 19.8. The van der Waals surface area contributed by atoms with Gasteiger partial charge in [0.25, 0.3) is 0 Å². The molecule has 3 aromatic carbocycles. The van der Waals surface area contributed by atoms with Crippen molar-refractivity contribution in [3.05, 3.63) is 95.1 Å². The number of benzene rings is 3. The molecule has 3 heteroatoms. The Labute approximate surface area is 197 Å². The summed E-state index contributed by atoms with van der Waals surface area (Å²) in [4.78, 5) is 16.1. The maximum Gasteiger partial charge on any atom is 0.168 e. The molecule has 33 heavy (non-hydrogen) atoms. The van der Waals surface area contributed by atoms with Gasteiger partial charge in [0.2, 0.25) is 0 Å². The lowest BCUT2D eigenvalue weighted by atomic mass is 9.83. The van der Waals surface area contributed by atoms with E-state index in [-0.39, 0.29) is 23.7 Å². The maximum atomic E-state index is 13.7. The van der Waals surface area contributed by atoms with E-state index in [0.717, 1.165) is 30.6 Å². The van der Waals surface area contributed by atoms with Crippen molar-refractivity contribution in [2.75, 3.05) is 19.1 Å². The number of aryl methyl sites for hydroxylation is 1. The molecule has 0 amide bonds. The maximum absolute atomic E-state index is 13.7. The molecule has 0 radical (unpaired) electrons. The number of methoxy groups -OCH3 is 1. The van der Waals surface area contributed by atoms with Crippen molar-refractivity contribution in [1.82, 2.24) is 0 Å². The molecule has 2 aliphatic rings. The second-order valence-corrected chi connectivity index (χ2v) is 9.54. The van der Waals surface area contributed by atoms with Crippen LogP contribution in [0, 0.1) is 5.92 Å². The van der Waals surface area contributed by atoms with E-state index in [9.17, 15) is 4.79 Å². The van der Waals surface area contributed by atoms with Crippen LogP contribution in [-0.2, 0) is 6.42 Å². The van der Waals surface area contributed by atoms with Crippen LogP contribution in [0.2, 0.25) is 0 Å². The fourth-order valence-corrected chi connectivity index (χ4v) is 6.20. The molecule has 4 atom stereocenters. The van der Waals surface area contributed by atoms with Crippen LogP contribution >= 0.6 is 0 Å². The van der Waals surface area contributed by atoms with Crippen molar-refractivity contribution < 1.29 is 9.53 Å². The molecule has 0 saturated heterocycles. The number of anilines is 1. The van der Waals surface area contributed by atoms with Crippen LogP contribution < -0.4 is 9.64 Å². The van der Waals surface area contributed by atoms with Crippen LogP contribution in [-0.4, -0.2) is 26.0 Å². The van der Waals surface area contributed by atoms with Gasteiger partial charge in [0.15, 0.2) is 5.78 Å². The number of Topliss-reactive ketones (excluding diaryl/α,β-unsaturated/α-hetero) is 1. The van der Waals surface area contributed by atoms with Crippen LogP contribution in [0.5, 0.6) is 5.75 Å². The predicted octanol–water partition coefficient (Wildman–Crippen LogP) is 6.63. The van der Waals surface area contributed by atoms with Crippen LogP contribution in [0.25, 0.3) is 0 Å². The van der Waals surface area contributed by atoms with Gasteiger partial charge in [0.05, 0.1) is 7.11 Å². The summed E-state index contributed by atoms with van der Waals surface area (Å²) in [5.74, 6) is 1.79. The Morgan fingerprint density at radius 3 is 2.55 bits per heavy atom. The molecular weight excluding hydrogens is 406 g/mol. The quantitative estimate of drug-likeness (QED) is 0.387. The number of nitrogens with zero attached hydrogens (tertiary/aromatic N) is 1. The van der Waals surface area contributed by atoms with E-state index >= 15 is 0 Å². The summed E-state index contributed by atoms with van der Waals surface area (Å²) in [6.45, 7) is 2.22. The molecule has 1 aliphatic heterocycles. The molecule has 0 bridgehead atoms. The normalized spacial score (nSPS) is 23.3. The summed E-state index contributed by atoms with van der Waals surface area (Å²) in [5, 5.41) is 0. The van der Waals surface area contributed by atoms with Crippen molar-refractivity contribution >= 4 is 11.5 Å². The molecule has 0 aromatic heterocycles. The highest BCUT2D eigenvalue weighted by Crippen LogP contribution is 2.58. The van der Waals surface area contributed by atoms with Crippen LogP contribution in [0.15, 0.2) is 72.8 Å². The Morgan fingerprint density at radius 2 is 1.79 bits per heavy atom. The second-order valence-electron chi connectivity index (χ2n) is 9.54. The smallest absolute Gasteiger partial charge is 0.168 e. The molecule has 0 spiro atoms. The van der Waals surface area contributed by atoms with Crippen LogP contribution in [0.3, 0.4) is 0 Å². The number of ether oxygens (including phenoxy) is 1. The first-order valence-corrected chi connectivity index (χ1v) is 12.2. The van der Waals surface area contributed by atoms with Crippen molar-refractivity contribution in [2.24, 2.45) is 5.92 Å². The number of likely N-dealkylation sites (N-methyl/N-ethyl adjacent to an activating group) is 1. The number of hydrogen-bond donors (Lipinski definition) is 0. The van der Waals surface area contributed by atoms with Crippen molar-refractivity contribution in [3.8, 4) is 5.75 Å². The van der Waals surface area contributed by atoms with Crippen LogP contribution in [0.1, 0.15) is 65.1 Å². The molecule has 1 aliphatic carbocycles. The lowest BCUT2D eigenvalue weighted by molar-refractivity contribution is 0.0911. The Bertz CT molecular complexity index is 1140. The minimum Gasteiger partial charge on any atom is -0.496 e. The molecule has 170 valence electrons. The topological polar surface area (TPSA) is 29.5 Å². The van der Waals surface area contributed by atoms with Gasteiger partial charge in [-0.15, -0.1) is 0 Å². The summed E-state index contributed by atoms with van der Waals surface area (Å²) in [7, 11) is 3.93. The molecule has 5 rings (SSSR count). The number of unbranched alkanes of at least 4 members (excludes halogenated alkanes) is 1. The zero-order valence-electron chi connectivity index (χ0n) is 19.8. The van der Waals surface area contributed by atoms with E-state index in [1.807, 2.05) is 30.3 Å². The lowest BCUT2D eigenvalue weighted by Gasteiger charge is -2.27. The number of para-hydroxylation sites is 1. The van der Waals surface area contributed by atoms with E-state index in [0.29, 0.717) is 5.92 Å². The monoisotopic (exact) mass is 439 g/mol. The van der Waals surface area contributed by atoms with Gasteiger partial charge >= 0.3 is 0 Å². The van der Waals surface area contributed by atoms with Gasteiger partial charge in [-0.05, 0) is 54.0 Å². The molecule has 3 nitrogen and oxygen atoms in total. The molecule has 0 unspecified atom stereocenters. The Balaban J connectivity index is 1.56. The third kappa shape index (κ3) is 3.74. The average Bonchev–Trinajstić information content (AvgIpc) is 3.40. The van der Waals surface area contributed by atoms with E-state index in [4.69, 9.17) is 4.74 Å². The third-order valence-electron chi connectivity index (χ3n) is 7.78. The second kappa shape index (κ2) is 9.05. The fourth-order valence-electron chi connectivity index (χ4n) is 6.20. The first-order chi connectivity index (χ1) is 16.1. The van der Waals surface area contributed by atoms with E-state index in [1.54, 1.807) is 7.11 Å². The number of carbonyl (C=O) groups excluding carboxylic acids is 1. The van der Waals surface area contributed by atoms with E-state index < -0.39 is 0 Å². The molecular formula is C30H33NO2. The summed E-state index contributed by atoms with van der Waals surface area (Å²) < 4.78 is 5.81. The Hall–Kier alpha value is -3.07. The summed E-state index contributed by atoms with van der Waals surface area (Å²) in [5.41, 5.74) is 6.01. The summed E-state index contributed by atoms with van der Waals surface area (Å²) >= 11 is 0. The first kappa shape index (κ1) is 21.8. The highest BCUT2D eigenvalue weighted by atomic mass is 16.5. The van der Waals surface area contributed by atoms with Gasteiger partial charge in [-0.1, -0.05) is 74.0 Å². The number of hydrogen-bond acceptors (Lipinski definition) is 3. The average molecular weight is 440 g/mol. The van der Waals surface area contributed by atoms with E-state index in [2.05, 4.69) is 61.3 Å². The molecule has 1 fully saturated rings. The molecule has 3 aromatic rings. The number of ketones is 1. The van der Waals surface area contributed by atoms with Gasteiger partial charge in [0, 0.05) is 36.2 Å². The van der Waals surface area contributed by atoms with Gasteiger partial charge < -0.3 is 9.64 Å². The van der Waals surface area contributed by atoms with Gasteiger partial charge in [-0.25, -0.2) is 0 Å². The summed E-state index contributed by atoms with van der Waals surface area (Å²) in [6.07, 6.45) is 4.23. The number of carbonyl (C=O) groups is 1. The fraction of sp³-hybridized carbons (Fsp3) is 0.367. The third-order valence-corrected chi connectivity index (χ3v) is 7.78. The lowest BCUT2D eigenvalue weighted by Crippen LogP contribution is -2.37. The zero-order chi connectivity index (χ0) is 22.9. The van der Waals surface area contributed by atoms with E-state index in [1.165, 1.54) is 28.8 Å². The van der Waals surface area contributed by atoms with Crippen molar-refractivity contribution in [3.63, 3.8) is 0 Å². The van der Waals surface area contributed by atoms with Gasteiger partial charge in [-0.3, -0.25) is 4.79 Å². The van der Waals surface area contributed by atoms with Gasteiger partial charge in [0.1, 0.15) is 5.75 Å². The minimum atomic E-state index is -0.0365. The highest BCUT2D eigenvalue weighted by Gasteiger charge is 2.53. The van der Waals surface area contributed by atoms with Crippen molar-refractivity contribution in [1.29, 1.82) is 0 Å².